The summed E-state index contributed by atoms with van der Waals surface area (Å²) in [4.78, 5) is 2.46. The van der Waals surface area contributed by atoms with Crippen LogP contribution in [0.25, 0.3) is 0 Å². The Bertz CT molecular complexity index is 555. The van der Waals surface area contributed by atoms with Gasteiger partial charge in [0, 0.05) is 23.7 Å². The lowest BCUT2D eigenvalue weighted by molar-refractivity contribution is -0.203. The third-order valence-corrected chi connectivity index (χ3v) is 8.75. The molecule has 4 N–H and O–H groups in total. The topological polar surface area (TPSA) is 108 Å². The standard InChI is InChI=1S/C20H36N2O5S2/c1-20(2,3)29(26)21-14-8-6-7-13(11-22-9-4-5-10-22)12-28-19-17(25)15(23)16(24)18(14)27-19/h6-7,13-19,21,23-25H,4-5,8-12H2,1-3H3/b7-6-/t13?,14-,15?,16?,17-,18-,19?,29-/m1/s1. The number of fused-ring (bicyclic) bond motifs is 2. The number of nitrogens with zero attached hydrogens (tertiary/aromatic N) is 1. The molecule has 0 aliphatic carbocycles. The van der Waals surface area contributed by atoms with Crippen molar-refractivity contribution in [2.75, 3.05) is 25.4 Å². The van der Waals surface area contributed by atoms with Crippen LogP contribution in [0.1, 0.15) is 40.0 Å². The number of hydrogen-bond acceptors (Lipinski definition) is 8. The van der Waals surface area contributed by atoms with Crippen molar-refractivity contribution in [3.05, 3.63) is 12.2 Å². The number of aliphatic hydroxyl groups excluding tert-OH is 3. The molecule has 9 heteroatoms. The van der Waals surface area contributed by atoms with Gasteiger partial charge < -0.3 is 29.5 Å². The summed E-state index contributed by atoms with van der Waals surface area (Å²) in [6, 6.07) is -0.433. The number of rotatable bonds is 4. The molecule has 0 saturated carbocycles. The van der Waals surface area contributed by atoms with E-state index in [0.29, 0.717) is 12.3 Å². The Morgan fingerprint density at radius 1 is 1.17 bits per heavy atom. The van der Waals surface area contributed by atoms with Crippen molar-refractivity contribution in [2.45, 2.75) is 80.7 Å². The molecule has 7 nitrogen and oxygen atoms in total. The van der Waals surface area contributed by atoms with Gasteiger partial charge >= 0.3 is 0 Å². The van der Waals surface area contributed by atoms with Gasteiger partial charge in [-0.05, 0) is 59.0 Å². The molecule has 3 rings (SSSR count). The van der Waals surface area contributed by atoms with E-state index in [4.69, 9.17) is 4.74 Å². The second kappa shape index (κ2) is 10.2. The van der Waals surface area contributed by atoms with Crippen LogP contribution in [0.3, 0.4) is 0 Å². The van der Waals surface area contributed by atoms with Gasteiger partial charge in [-0.2, -0.15) is 0 Å². The van der Waals surface area contributed by atoms with Crippen LogP contribution in [0.2, 0.25) is 0 Å². The van der Waals surface area contributed by atoms with Crippen LogP contribution in [-0.2, 0) is 16.1 Å². The second-order valence-corrected chi connectivity index (χ2v) is 12.4. The van der Waals surface area contributed by atoms with Crippen LogP contribution >= 0.6 is 11.8 Å². The predicted molar refractivity (Wildman–Crippen MR) is 117 cm³/mol. The molecule has 3 aliphatic rings. The third kappa shape index (κ3) is 6.11. The third-order valence-electron chi connectivity index (χ3n) is 5.78. The van der Waals surface area contributed by atoms with E-state index in [9.17, 15) is 19.9 Å². The average Bonchev–Trinajstić information content (AvgIpc) is 3.16. The van der Waals surface area contributed by atoms with Gasteiger partial charge in [-0.25, -0.2) is 0 Å². The largest absolute Gasteiger partial charge is 0.598 e. The van der Waals surface area contributed by atoms with Gasteiger partial charge in [0.2, 0.25) is 0 Å². The molecule has 0 spiro atoms. The summed E-state index contributed by atoms with van der Waals surface area (Å²) in [5, 5.41) is 31.4. The first-order chi connectivity index (χ1) is 13.7. The molecule has 3 aliphatic heterocycles. The predicted octanol–water partition coefficient (Wildman–Crippen LogP) is 0.620. The molecule has 0 radical (unpaired) electrons. The zero-order valence-electron chi connectivity index (χ0n) is 17.6. The Hall–Kier alpha value is 0.160. The normalized spacial score (nSPS) is 41.8. The highest BCUT2D eigenvalue weighted by Crippen LogP contribution is 2.33. The molecule has 0 aromatic heterocycles. The van der Waals surface area contributed by atoms with Gasteiger partial charge in [-0.3, -0.25) is 0 Å². The highest BCUT2D eigenvalue weighted by atomic mass is 32.2. The zero-order chi connectivity index (χ0) is 21.2. The molecule has 8 atom stereocenters. The van der Waals surface area contributed by atoms with Crippen molar-refractivity contribution in [1.82, 2.24) is 9.62 Å². The molecule has 168 valence electrons. The quantitative estimate of drug-likeness (QED) is 0.366. The Kier molecular flexibility index (Phi) is 8.36. The summed E-state index contributed by atoms with van der Waals surface area (Å²) in [7, 11) is 0. The lowest BCUT2D eigenvalue weighted by Crippen LogP contribution is -2.63. The van der Waals surface area contributed by atoms with E-state index in [1.165, 1.54) is 24.6 Å². The summed E-state index contributed by atoms with van der Waals surface area (Å²) >= 11 is 0.133. The Labute approximate surface area is 181 Å². The van der Waals surface area contributed by atoms with E-state index in [-0.39, 0.29) is 0 Å². The average molecular weight is 449 g/mol. The number of nitrogens with one attached hydrogen (secondary N) is 1. The minimum atomic E-state index is -1.35. The molecule has 2 saturated heterocycles. The van der Waals surface area contributed by atoms with Gasteiger partial charge in [-0.15, -0.1) is 16.5 Å². The van der Waals surface area contributed by atoms with E-state index in [1.54, 1.807) is 0 Å². The van der Waals surface area contributed by atoms with Crippen molar-refractivity contribution in [1.29, 1.82) is 0 Å². The van der Waals surface area contributed by atoms with Gasteiger partial charge in [0.1, 0.15) is 34.6 Å². The van der Waals surface area contributed by atoms with E-state index in [1.807, 2.05) is 20.8 Å². The van der Waals surface area contributed by atoms with Crippen LogP contribution in [0.4, 0.5) is 0 Å². The Morgan fingerprint density at radius 3 is 2.52 bits per heavy atom. The van der Waals surface area contributed by atoms with Crippen LogP contribution in [0.5, 0.6) is 0 Å². The molecule has 3 heterocycles. The van der Waals surface area contributed by atoms with Crippen LogP contribution < -0.4 is 4.72 Å². The minimum Gasteiger partial charge on any atom is -0.598 e. The van der Waals surface area contributed by atoms with Crippen molar-refractivity contribution in [3.63, 3.8) is 0 Å². The van der Waals surface area contributed by atoms with E-state index in [2.05, 4.69) is 21.8 Å². The highest BCUT2D eigenvalue weighted by Gasteiger charge is 2.48. The van der Waals surface area contributed by atoms with Crippen molar-refractivity contribution in [3.8, 4) is 0 Å². The molecular weight excluding hydrogens is 412 g/mol. The first kappa shape index (κ1) is 23.8. The molecule has 0 aromatic rings. The smallest absolute Gasteiger partial charge is 0.136 e. The van der Waals surface area contributed by atoms with Crippen LogP contribution in [0, 0.1) is 5.92 Å². The maximum atomic E-state index is 12.7. The lowest BCUT2D eigenvalue weighted by atomic mass is 9.93. The van der Waals surface area contributed by atoms with Gasteiger partial charge in [-0.1, -0.05) is 12.2 Å². The molecule has 0 aromatic carbocycles. The maximum absolute atomic E-state index is 12.7. The van der Waals surface area contributed by atoms with E-state index in [0.717, 1.165) is 25.4 Å². The monoisotopic (exact) mass is 448 g/mol. The lowest BCUT2D eigenvalue weighted by Gasteiger charge is -2.44. The molecule has 2 fully saturated rings. The fourth-order valence-corrected chi connectivity index (χ4v) is 6.09. The Morgan fingerprint density at radius 2 is 1.86 bits per heavy atom. The van der Waals surface area contributed by atoms with Gasteiger partial charge in [0.05, 0.1) is 6.04 Å². The SMILES string of the molecule is CC(C)(C)[S@@+]([O-])N[C@@H]1C/C=C\C(CN2CCCC2)CSC2O[C@H]1C(O)C(O)[C@H]2O. The number of aliphatic hydroxyl groups is 3. The highest BCUT2D eigenvalue weighted by molar-refractivity contribution is 7.99. The molecule has 2 bridgehead atoms. The van der Waals surface area contributed by atoms with Crippen molar-refractivity contribution in [2.24, 2.45) is 5.92 Å². The number of likely N-dealkylation sites (tertiary alicyclic amines) is 1. The van der Waals surface area contributed by atoms with Crippen LogP contribution in [0.15, 0.2) is 12.2 Å². The van der Waals surface area contributed by atoms with Crippen molar-refractivity contribution >= 4 is 23.1 Å². The summed E-state index contributed by atoms with van der Waals surface area (Å²) in [5.74, 6) is 1.08. The number of ether oxygens (including phenoxy) is 1. The summed E-state index contributed by atoms with van der Waals surface area (Å²) in [6.07, 6.45) is 2.84. The summed E-state index contributed by atoms with van der Waals surface area (Å²) in [6.45, 7) is 8.86. The minimum absolute atomic E-state index is 0.309. The second-order valence-electron chi connectivity index (χ2n) is 9.31. The maximum Gasteiger partial charge on any atom is 0.136 e. The van der Waals surface area contributed by atoms with Gasteiger partial charge in [0.25, 0.3) is 0 Å². The first-order valence-corrected chi connectivity index (χ1v) is 12.7. The summed E-state index contributed by atoms with van der Waals surface area (Å²) < 4.78 is 21.4. The van der Waals surface area contributed by atoms with E-state index < -0.39 is 52.0 Å². The van der Waals surface area contributed by atoms with Crippen molar-refractivity contribution < 1.29 is 24.6 Å². The number of hydrogen-bond donors (Lipinski definition) is 4. The molecule has 29 heavy (non-hydrogen) atoms. The van der Waals surface area contributed by atoms with Gasteiger partial charge in [0.15, 0.2) is 0 Å². The molecule has 0 amide bonds. The first-order valence-electron chi connectivity index (χ1n) is 10.5. The fourth-order valence-electron chi connectivity index (χ4n) is 4.01. The Balaban J connectivity index is 1.78. The zero-order valence-corrected chi connectivity index (χ0v) is 19.2. The molecular formula is C20H36N2O5S2. The number of thioether (sulfide) groups is 1. The fraction of sp³-hybridized carbons (Fsp3) is 0.900. The molecule has 4 unspecified atom stereocenters. The van der Waals surface area contributed by atoms with E-state index >= 15 is 0 Å². The summed E-state index contributed by atoms with van der Waals surface area (Å²) in [5.41, 5.74) is -0.627. The van der Waals surface area contributed by atoms with Crippen LogP contribution in [-0.4, -0.2) is 90.8 Å².